The van der Waals surface area contributed by atoms with Crippen molar-refractivity contribution in [3.05, 3.63) is 35.9 Å². The summed E-state index contributed by atoms with van der Waals surface area (Å²) in [5.41, 5.74) is 0.686. The molecule has 6 heteroatoms. The zero-order valence-electron chi connectivity index (χ0n) is 12.9. The third-order valence-electron chi connectivity index (χ3n) is 3.72. The van der Waals surface area contributed by atoms with Crippen molar-refractivity contribution >= 4 is 17.9 Å². The van der Waals surface area contributed by atoms with Crippen LogP contribution in [0.5, 0.6) is 0 Å². The third kappa shape index (κ3) is 3.10. The van der Waals surface area contributed by atoms with Crippen LogP contribution in [0.3, 0.4) is 0 Å². The Morgan fingerprint density at radius 3 is 2.50 bits per heavy atom. The zero-order chi connectivity index (χ0) is 16.3. The summed E-state index contributed by atoms with van der Waals surface area (Å²) in [4.78, 5) is 37.5. The molecule has 0 aromatic heterocycles. The number of nitrogens with one attached hydrogen (secondary N) is 1. The lowest BCUT2D eigenvalue weighted by atomic mass is 10.1. The average Bonchev–Trinajstić information content (AvgIpc) is 2.82. The van der Waals surface area contributed by atoms with E-state index in [1.807, 2.05) is 13.0 Å². The molecule has 6 nitrogen and oxygen atoms in total. The number of imide groups is 1. The van der Waals surface area contributed by atoms with Crippen molar-refractivity contribution in [3.8, 4) is 0 Å². The van der Waals surface area contributed by atoms with E-state index in [0.29, 0.717) is 12.0 Å². The largest absolute Gasteiger partial charge is 0.461 e. The summed E-state index contributed by atoms with van der Waals surface area (Å²) in [6.45, 7) is 5.15. The van der Waals surface area contributed by atoms with Crippen molar-refractivity contribution in [2.75, 3.05) is 0 Å². The van der Waals surface area contributed by atoms with Gasteiger partial charge in [0.25, 0.3) is 5.91 Å². The van der Waals surface area contributed by atoms with Crippen molar-refractivity contribution in [1.82, 2.24) is 10.2 Å². The summed E-state index contributed by atoms with van der Waals surface area (Å²) in [6.07, 6.45) is 0.422. The van der Waals surface area contributed by atoms with Crippen LogP contribution in [0.1, 0.15) is 38.8 Å². The fourth-order valence-electron chi connectivity index (χ4n) is 2.22. The predicted octanol–water partition coefficient (Wildman–Crippen LogP) is 2.01. The molecule has 1 fully saturated rings. The van der Waals surface area contributed by atoms with Crippen LogP contribution in [0.4, 0.5) is 4.79 Å². The highest BCUT2D eigenvalue weighted by Gasteiger charge is 2.44. The lowest BCUT2D eigenvalue weighted by molar-refractivity contribution is -0.155. The van der Waals surface area contributed by atoms with Crippen molar-refractivity contribution in [2.45, 2.75) is 45.4 Å². The first-order valence-corrected chi connectivity index (χ1v) is 7.34. The lowest BCUT2D eigenvalue weighted by Gasteiger charge is -2.22. The van der Waals surface area contributed by atoms with E-state index in [1.54, 1.807) is 31.2 Å². The highest BCUT2D eigenvalue weighted by atomic mass is 16.5. The molecule has 0 bridgehead atoms. The molecule has 1 heterocycles. The first kappa shape index (κ1) is 16.0. The number of hydrogen-bond donors (Lipinski definition) is 1. The smallest absolute Gasteiger partial charge is 0.329 e. The van der Waals surface area contributed by atoms with Crippen LogP contribution in [0, 0.1) is 0 Å². The number of esters is 1. The SMILES string of the molecule is CCC(C)OC(=O)C(C)N1C(=O)NC(c2ccccc2)C1=O. The van der Waals surface area contributed by atoms with Crippen LogP contribution in [0.25, 0.3) is 0 Å². The summed E-state index contributed by atoms with van der Waals surface area (Å²) >= 11 is 0. The lowest BCUT2D eigenvalue weighted by Crippen LogP contribution is -2.45. The number of ether oxygens (including phenoxy) is 1. The van der Waals surface area contributed by atoms with E-state index in [0.717, 1.165) is 4.90 Å². The van der Waals surface area contributed by atoms with Crippen molar-refractivity contribution < 1.29 is 19.1 Å². The van der Waals surface area contributed by atoms with Gasteiger partial charge in [0.1, 0.15) is 12.1 Å². The second-order valence-electron chi connectivity index (χ2n) is 5.33. The van der Waals surface area contributed by atoms with Gasteiger partial charge in [-0.1, -0.05) is 37.3 Å². The Hall–Kier alpha value is -2.37. The van der Waals surface area contributed by atoms with Gasteiger partial charge < -0.3 is 10.1 Å². The van der Waals surface area contributed by atoms with Crippen molar-refractivity contribution in [3.63, 3.8) is 0 Å². The van der Waals surface area contributed by atoms with Crippen LogP contribution in [-0.4, -0.2) is 35.0 Å². The normalized spacial score (nSPS) is 20.5. The second-order valence-corrected chi connectivity index (χ2v) is 5.33. The molecule has 1 aliphatic heterocycles. The Labute approximate surface area is 129 Å². The first-order chi connectivity index (χ1) is 10.5. The Morgan fingerprint density at radius 1 is 1.27 bits per heavy atom. The number of carbonyl (C=O) groups excluding carboxylic acids is 3. The maximum Gasteiger partial charge on any atom is 0.329 e. The van der Waals surface area contributed by atoms with Gasteiger partial charge in [-0.3, -0.25) is 4.79 Å². The molecule has 1 aromatic carbocycles. The molecule has 3 atom stereocenters. The Kier molecular flexibility index (Phi) is 4.80. The van der Waals surface area contributed by atoms with Gasteiger partial charge in [0.15, 0.2) is 0 Å². The molecule has 3 amide bonds. The summed E-state index contributed by atoms with van der Waals surface area (Å²) < 4.78 is 5.20. The number of hydrogen-bond acceptors (Lipinski definition) is 4. The van der Waals surface area contributed by atoms with Gasteiger partial charge in [-0.15, -0.1) is 0 Å². The van der Waals surface area contributed by atoms with Crippen LogP contribution < -0.4 is 5.32 Å². The number of rotatable bonds is 5. The van der Waals surface area contributed by atoms with Crippen molar-refractivity contribution in [1.29, 1.82) is 0 Å². The van der Waals surface area contributed by atoms with Crippen LogP contribution in [0.2, 0.25) is 0 Å². The molecule has 2 rings (SSSR count). The van der Waals surface area contributed by atoms with Crippen molar-refractivity contribution in [2.24, 2.45) is 0 Å². The maximum absolute atomic E-state index is 12.5. The quantitative estimate of drug-likeness (QED) is 0.667. The topological polar surface area (TPSA) is 75.7 Å². The minimum Gasteiger partial charge on any atom is -0.461 e. The fraction of sp³-hybridized carbons (Fsp3) is 0.438. The summed E-state index contributed by atoms with van der Waals surface area (Å²) in [6, 6.07) is 6.64. The van der Waals surface area contributed by atoms with Gasteiger partial charge in [-0.25, -0.2) is 14.5 Å². The van der Waals surface area contributed by atoms with Crippen LogP contribution in [0.15, 0.2) is 30.3 Å². The first-order valence-electron chi connectivity index (χ1n) is 7.34. The van der Waals surface area contributed by atoms with E-state index >= 15 is 0 Å². The minimum atomic E-state index is -0.949. The van der Waals surface area contributed by atoms with Gasteiger partial charge in [-0.05, 0) is 25.8 Å². The molecule has 0 spiro atoms. The van der Waals surface area contributed by atoms with Crippen LogP contribution >= 0.6 is 0 Å². The van der Waals surface area contributed by atoms with Gasteiger partial charge in [0.05, 0.1) is 6.10 Å². The molecule has 0 radical (unpaired) electrons. The second kappa shape index (κ2) is 6.60. The number of carbonyl (C=O) groups is 3. The number of amides is 3. The van der Waals surface area contributed by atoms with E-state index in [1.165, 1.54) is 6.92 Å². The molecular formula is C16H20N2O4. The highest BCUT2D eigenvalue weighted by molar-refractivity contribution is 6.07. The van der Waals surface area contributed by atoms with E-state index < -0.39 is 30.0 Å². The Morgan fingerprint density at radius 2 is 1.91 bits per heavy atom. The Balaban J connectivity index is 2.13. The zero-order valence-corrected chi connectivity index (χ0v) is 12.9. The minimum absolute atomic E-state index is 0.249. The van der Waals surface area contributed by atoms with E-state index in [-0.39, 0.29) is 6.10 Å². The van der Waals surface area contributed by atoms with Gasteiger partial charge in [-0.2, -0.15) is 0 Å². The van der Waals surface area contributed by atoms with Gasteiger partial charge >= 0.3 is 12.0 Å². The van der Waals surface area contributed by atoms with Gasteiger partial charge in [0.2, 0.25) is 0 Å². The number of benzene rings is 1. The summed E-state index contributed by atoms with van der Waals surface area (Å²) in [7, 11) is 0. The highest BCUT2D eigenvalue weighted by Crippen LogP contribution is 2.23. The molecule has 1 aromatic rings. The average molecular weight is 304 g/mol. The summed E-state index contributed by atoms with van der Waals surface area (Å²) in [5, 5.41) is 2.60. The molecule has 1 saturated heterocycles. The molecule has 1 aliphatic rings. The Bertz CT molecular complexity index is 573. The molecule has 118 valence electrons. The van der Waals surface area contributed by atoms with Gasteiger partial charge in [0, 0.05) is 0 Å². The molecule has 0 aliphatic carbocycles. The molecule has 0 saturated carbocycles. The maximum atomic E-state index is 12.5. The van der Waals surface area contributed by atoms with E-state index in [9.17, 15) is 14.4 Å². The monoisotopic (exact) mass is 304 g/mol. The molecule has 1 N–H and O–H groups in total. The fourth-order valence-corrected chi connectivity index (χ4v) is 2.22. The van der Waals surface area contributed by atoms with E-state index in [4.69, 9.17) is 4.74 Å². The summed E-state index contributed by atoms with van der Waals surface area (Å²) in [5.74, 6) is -1.02. The molecular weight excluding hydrogens is 284 g/mol. The third-order valence-corrected chi connectivity index (χ3v) is 3.72. The number of nitrogens with zero attached hydrogens (tertiary/aromatic N) is 1. The molecule has 22 heavy (non-hydrogen) atoms. The predicted molar refractivity (Wildman–Crippen MR) is 79.9 cm³/mol. The molecule has 3 unspecified atom stereocenters. The standard InChI is InChI=1S/C16H20N2O4/c1-4-10(2)22-15(20)11(3)18-14(19)13(17-16(18)21)12-8-6-5-7-9-12/h5-11,13H,4H2,1-3H3,(H,17,21). The van der Waals surface area contributed by atoms with Crippen LogP contribution in [-0.2, 0) is 14.3 Å². The number of urea groups is 1. The van der Waals surface area contributed by atoms with E-state index in [2.05, 4.69) is 5.32 Å².